The molecule has 1 saturated heterocycles. The number of hydrogen-bond donors (Lipinski definition) is 2. The van der Waals surface area contributed by atoms with Gasteiger partial charge in [0.2, 0.25) is 0 Å². The molecule has 6 nitrogen and oxygen atoms in total. The molecule has 3 aromatic rings. The Labute approximate surface area is 175 Å². The number of carbonyl (C=O) groups excluding carboxylic acids is 1. The van der Waals surface area contributed by atoms with E-state index in [-0.39, 0.29) is 5.69 Å². The van der Waals surface area contributed by atoms with Crippen molar-refractivity contribution in [2.24, 2.45) is 0 Å². The van der Waals surface area contributed by atoms with Crippen molar-refractivity contribution in [3.05, 3.63) is 95.8 Å². The Morgan fingerprint density at radius 3 is 2.10 bits per heavy atom. The Morgan fingerprint density at radius 1 is 0.933 bits per heavy atom. The van der Waals surface area contributed by atoms with E-state index in [0.29, 0.717) is 19.5 Å². The lowest BCUT2D eigenvalue weighted by Crippen LogP contribution is -2.46. The van der Waals surface area contributed by atoms with Gasteiger partial charge in [0.1, 0.15) is 5.69 Å². The molecule has 0 radical (unpaired) electrons. The van der Waals surface area contributed by atoms with Gasteiger partial charge in [0.25, 0.3) is 0 Å². The number of aliphatic hydroxyl groups is 2. The summed E-state index contributed by atoms with van der Waals surface area (Å²) in [6.07, 6.45) is 0.0688. The summed E-state index contributed by atoms with van der Waals surface area (Å²) >= 11 is 0. The zero-order chi connectivity index (χ0) is 20.9. The van der Waals surface area contributed by atoms with Crippen LogP contribution in [-0.2, 0) is 4.74 Å². The molecular weight excluding hydrogens is 380 g/mol. The number of ether oxygens (including phenoxy) is 1. The number of anilines is 1. The zero-order valence-corrected chi connectivity index (χ0v) is 16.5. The normalized spacial score (nSPS) is 19.0. The number of piperidine rings is 1. The minimum Gasteiger partial charge on any atom is -0.448 e. The summed E-state index contributed by atoms with van der Waals surface area (Å²) in [7, 11) is 0. The van der Waals surface area contributed by atoms with Crippen LogP contribution < -0.4 is 4.90 Å². The van der Waals surface area contributed by atoms with Crippen LogP contribution in [0.4, 0.5) is 5.69 Å². The van der Waals surface area contributed by atoms with Crippen molar-refractivity contribution < 1.29 is 19.7 Å². The van der Waals surface area contributed by atoms with E-state index >= 15 is 0 Å². The molecule has 2 N–H and O–H groups in total. The predicted molar refractivity (Wildman–Crippen MR) is 113 cm³/mol. The second-order valence-corrected chi connectivity index (χ2v) is 7.38. The maximum Gasteiger partial charge on any atom is 0.357 e. The van der Waals surface area contributed by atoms with Gasteiger partial charge in [-0.3, -0.25) is 0 Å². The molecule has 0 unspecified atom stereocenters. The maximum absolute atomic E-state index is 12.8. The molecule has 2 aromatic carbocycles. The Hall–Kier alpha value is -3.22. The van der Waals surface area contributed by atoms with Gasteiger partial charge in [-0.05, 0) is 29.7 Å². The molecule has 1 fully saturated rings. The molecule has 0 amide bonds. The third-order valence-corrected chi connectivity index (χ3v) is 5.30. The SMILES string of the molecule is O=C(OC(c1ccccc1)c1ccccc1)c1ccc(N2CC[C@H](O)[C@@H](O)C2)cn1. The van der Waals surface area contributed by atoms with E-state index in [1.165, 1.54) is 0 Å². The smallest absolute Gasteiger partial charge is 0.357 e. The molecule has 0 spiro atoms. The van der Waals surface area contributed by atoms with Gasteiger partial charge >= 0.3 is 5.97 Å². The topological polar surface area (TPSA) is 82.9 Å². The van der Waals surface area contributed by atoms with Gasteiger partial charge in [-0.15, -0.1) is 0 Å². The lowest BCUT2D eigenvalue weighted by molar-refractivity contribution is 0.00800. The highest BCUT2D eigenvalue weighted by Crippen LogP contribution is 2.27. The summed E-state index contributed by atoms with van der Waals surface area (Å²) in [5.74, 6) is -0.506. The number of aliphatic hydroxyl groups excluding tert-OH is 2. The van der Waals surface area contributed by atoms with Crippen molar-refractivity contribution in [3.63, 3.8) is 0 Å². The molecule has 0 saturated carbocycles. The van der Waals surface area contributed by atoms with Crippen molar-refractivity contribution in [1.82, 2.24) is 4.98 Å². The Balaban J connectivity index is 1.50. The molecule has 1 aliphatic rings. The fraction of sp³-hybridized carbons (Fsp3) is 0.250. The molecule has 6 heteroatoms. The lowest BCUT2D eigenvalue weighted by atomic mass is 10.0. The van der Waals surface area contributed by atoms with Gasteiger partial charge in [-0.2, -0.15) is 0 Å². The number of β-amino-alcohol motifs (C(OH)–C–C–N with tert-alkyl or cyclic N) is 1. The van der Waals surface area contributed by atoms with E-state index in [2.05, 4.69) is 4.98 Å². The first-order valence-electron chi connectivity index (χ1n) is 10.00. The number of esters is 1. The monoisotopic (exact) mass is 404 g/mol. The molecule has 2 heterocycles. The first kappa shape index (κ1) is 20.1. The fourth-order valence-corrected chi connectivity index (χ4v) is 3.60. The Kier molecular flexibility index (Phi) is 6.07. The maximum atomic E-state index is 12.8. The zero-order valence-electron chi connectivity index (χ0n) is 16.5. The van der Waals surface area contributed by atoms with Crippen molar-refractivity contribution in [3.8, 4) is 0 Å². The van der Waals surface area contributed by atoms with Crippen LogP contribution >= 0.6 is 0 Å². The van der Waals surface area contributed by atoms with Crippen LogP contribution in [0.2, 0.25) is 0 Å². The third kappa shape index (κ3) is 4.50. The van der Waals surface area contributed by atoms with Crippen molar-refractivity contribution in [1.29, 1.82) is 0 Å². The average Bonchev–Trinajstić information content (AvgIpc) is 2.80. The molecule has 0 bridgehead atoms. The quantitative estimate of drug-likeness (QED) is 0.636. The number of nitrogens with zero attached hydrogens (tertiary/aromatic N) is 2. The molecule has 0 aliphatic carbocycles. The van der Waals surface area contributed by atoms with Gasteiger partial charge in [0.05, 0.1) is 24.1 Å². The highest BCUT2D eigenvalue weighted by atomic mass is 16.5. The van der Waals surface area contributed by atoms with Crippen molar-refractivity contribution in [2.75, 3.05) is 18.0 Å². The third-order valence-electron chi connectivity index (χ3n) is 5.30. The summed E-state index contributed by atoms with van der Waals surface area (Å²) in [4.78, 5) is 19.0. The number of aromatic nitrogens is 1. The number of carbonyl (C=O) groups is 1. The average molecular weight is 404 g/mol. The summed E-state index contributed by atoms with van der Waals surface area (Å²) in [6, 6.07) is 22.6. The minimum atomic E-state index is -0.791. The van der Waals surface area contributed by atoms with Crippen LogP contribution in [0.1, 0.15) is 34.1 Å². The van der Waals surface area contributed by atoms with Crippen LogP contribution in [0.15, 0.2) is 79.0 Å². The van der Waals surface area contributed by atoms with Gasteiger partial charge < -0.3 is 19.8 Å². The van der Waals surface area contributed by atoms with Gasteiger partial charge in [-0.1, -0.05) is 60.7 Å². The second-order valence-electron chi connectivity index (χ2n) is 7.38. The van der Waals surface area contributed by atoms with E-state index < -0.39 is 24.3 Å². The Morgan fingerprint density at radius 2 is 1.57 bits per heavy atom. The predicted octanol–water partition coefficient (Wildman–Crippen LogP) is 2.96. The van der Waals surface area contributed by atoms with Gasteiger partial charge in [0.15, 0.2) is 6.10 Å². The first-order chi connectivity index (χ1) is 14.6. The van der Waals surface area contributed by atoms with E-state index in [1.54, 1.807) is 18.3 Å². The van der Waals surface area contributed by atoms with Crippen LogP contribution in [0.25, 0.3) is 0 Å². The first-order valence-corrected chi connectivity index (χ1v) is 10.00. The van der Waals surface area contributed by atoms with Crippen LogP contribution in [-0.4, -0.2) is 46.5 Å². The van der Waals surface area contributed by atoms with E-state index in [9.17, 15) is 15.0 Å². The number of pyridine rings is 1. The summed E-state index contributed by atoms with van der Waals surface area (Å²) in [5.41, 5.74) is 2.78. The highest BCUT2D eigenvalue weighted by molar-refractivity contribution is 5.87. The van der Waals surface area contributed by atoms with E-state index in [4.69, 9.17) is 4.74 Å². The number of hydrogen-bond acceptors (Lipinski definition) is 6. The standard InChI is InChI=1S/C24H24N2O4/c27-21-13-14-26(16-22(21)28)19-11-12-20(25-15-19)24(29)30-23(17-7-3-1-4-8-17)18-9-5-2-6-10-18/h1-12,15,21-23,27-28H,13-14,16H2/t21-,22-/m0/s1. The second kappa shape index (κ2) is 9.07. The summed E-state index contributed by atoms with van der Waals surface area (Å²) < 4.78 is 5.84. The van der Waals surface area contributed by atoms with Crippen LogP contribution in [0.5, 0.6) is 0 Å². The molecule has 1 aliphatic heterocycles. The Bertz CT molecular complexity index is 924. The summed E-state index contributed by atoms with van der Waals surface area (Å²) in [6.45, 7) is 0.949. The van der Waals surface area contributed by atoms with Crippen molar-refractivity contribution >= 4 is 11.7 Å². The van der Waals surface area contributed by atoms with Crippen LogP contribution in [0.3, 0.4) is 0 Å². The van der Waals surface area contributed by atoms with E-state index in [0.717, 1.165) is 16.8 Å². The van der Waals surface area contributed by atoms with Gasteiger partial charge in [-0.25, -0.2) is 9.78 Å². The van der Waals surface area contributed by atoms with Crippen LogP contribution in [0, 0.1) is 0 Å². The van der Waals surface area contributed by atoms with Crippen molar-refractivity contribution in [2.45, 2.75) is 24.7 Å². The molecule has 154 valence electrons. The highest BCUT2D eigenvalue weighted by Gasteiger charge is 2.26. The fourth-order valence-electron chi connectivity index (χ4n) is 3.60. The van der Waals surface area contributed by atoms with E-state index in [1.807, 2.05) is 65.6 Å². The summed E-state index contributed by atoms with van der Waals surface area (Å²) in [5, 5.41) is 19.6. The molecule has 2 atom stereocenters. The minimum absolute atomic E-state index is 0.216. The number of rotatable bonds is 5. The molecule has 1 aromatic heterocycles. The lowest BCUT2D eigenvalue weighted by Gasteiger charge is -2.34. The number of benzene rings is 2. The largest absolute Gasteiger partial charge is 0.448 e. The molecular formula is C24H24N2O4. The molecule has 30 heavy (non-hydrogen) atoms. The van der Waals surface area contributed by atoms with Gasteiger partial charge in [0, 0.05) is 13.1 Å². The molecule has 4 rings (SSSR count).